The van der Waals surface area contributed by atoms with E-state index in [0.717, 1.165) is 43.6 Å². The van der Waals surface area contributed by atoms with Crippen molar-refractivity contribution in [2.45, 2.75) is 207 Å². The Labute approximate surface area is 378 Å². The minimum Gasteiger partial charge on any atom is -0.504 e. The van der Waals surface area contributed by atoms with Gasteiger partial charge in [0.15, 0.2) is 11.5 Å². The van der Waals surface area contributed by atoms with Gasteiger partial charge in [0.05, 0.1) is 11.7 Å². The molecule has 348 valence electrons. The summed E-state index contributed by atoms with van der Waals surface area (Å²) < 4.78 is 12.5. The molecule has 2 aromatic carbocycles. The van der Waals surface area contributed by atoms with Gasteiger partial charge in [0, 0.05) is 42.6 Å². The third kappa shape index (κ3) is 11.9. The highest BCUT2D eigenvalue weighted by atomic mass is 16.5. The fraction of sp³-hybridized carbons (Fsp3) is 0.745. The topological polar surface area (TPSA) is 102 Å². The van der Waals surface area contributed by atoms with Gasteiger partial charge in [0.2, 0.25) is 6.41 Å². The summed E-state index contributed by atoms with van der Waals surface area (Å²) in [4.78, 5) is 25.0. The number of nitrogens with zero attached hydrogens (tertiary/aromatic N) is 1. The molecule has 5 aliphatic rings. The minimum atomic E-state index is -0.398. The number of phenolic OH excluding ortho intramolecular Hbond substituents is 1. The molecule has 3 N–H and O–H groups in total. The van der Waals surface area contributed by atoms with Crippen LogP contribution in [0.1, 0.15) is 204 Å². The highest BCUT2D eigenvalue weighted by molar-refractivity contribution is 5.91. The molecular formula is C55H88N2O5. The number of fused-ring (bicyclic) bond motifs is 2. The number of ether oxygens (including phenoxy) is 2. The van der Waals surface area contributed by atoms with E-state index in [9.17, 15) is 9.90 Å². The molecule has 62 heavy (non-hydrogen) atoms. The second-order valence-electron chi connectivity index (χ2n) is 21.2. The third-order valence-electron chi connectivity index (χ3n) is 16.1. The predicted octanol–water partition coefficient (Wildman–Crippen LogP) is 13.2. The molecule has 7 unspecified atom stereocenters. The average Bonchev–Trinajstić information content (AvgIpc) is 4.06. The molecule has 1 saturated heterocycles. The molecule has 4 fully saturated rings. The first kappa shape index (κ1) is 50.1. The number of unbranched alkanes of at least 4 members (excludes halogenated alkanes) is 14. The van der Waals surface area contributed by atoms with E-state index in [0.29, 0.717) is 35.1 Å². The van der Waals surface area contributed by atoms with Crippen molar-refractivity contribution in [3.05, 3.63) is 58.7 Å². The molecule has 1 heterocycles. The van der Waals surface area contributed by atoms with Crippen LogP contribution >= 0.6 is 0 Å². The molecule has 7 heteroatoms. The summed E-state index contributed by atoms with van der Waals surface area (Å²) in [6.45, 7) is 18.3. The van der Waals surface area contributed by atoms with E-state index in [4.69, 9.17) is 14.3 Å². The van der Waals surface area contributed by atoms with Gasteiger partial charge >= 0.3 is 5.97 Å². The first-order chi connectivity index (χ1) is 29.9. The van der Waals surface area contributed by atoms with Gasteiger partial charge in [-0.2, -0.15) is 0 Å². The fourth-order valence-corrected chi connectivity index (χ4v) is 12.6. The second-order valence-corrected chi connectivity index (χ2v) is 21.2. The van der Waals surface area contributed by atoms with E-state index in [2.05, 4.69) is 63.5 Å². The van der Waals surface area contributed by atoms with Crippen LogP contribution in [0.4, 0.5) is 0 Å². The van der Waals surface area contributed by atoms with E-state index in [1.807, 2.05) is 39.2 Å². The Hall–Kier alpha value is -2.90. The van der Waals surface area contributed by atoms with Crippen LogP contribution in [0.15, 0.2) is 36.4 Å². The van der Waals surface area contributed by atoms with E-state index in [-0.39, 0.29) is 34.5 Å². The lowest BCUT2D eigenvalue weighted by Crippen LogP contribution is -2.65. The highest BCUT2D eigenvalue weighted by Crippen LogP contribution is 2.73. The van der Waals surface area contributed by atoms with Gasteiger partial charge in [-0.1, -0.05) is 157 Å². The number of hydrogen-bond donors (Lipinski definition) is 2. The number of amides is 1. The molecule has 7 rings (SSSR count). The number of phenols is 1. The maximum atomic E-state index is 13.6. The molecule has 4 aliphatic carbocycles. The van der Waals surface area contributed by atoms with Gasteiger partial charge in [0.25, 0.3) is 0 Å². The number of carbonyl (C=O) groups excluding carboxylic acids is 2. The molecule has 1 aliphatic heterocycles. The molecule has 7 nitrogen and oxygen atoms in total. The number of aromatic hydroxyl groups is 1. The van der Waals surface area contributed by atoms with Gasteiger partial charge < -0.3 is 20.3 Å². The maximum Gasteiger partial charge on any atom is 0.343 e. The predicted molar refractivity (Wildman–Crippen MR) is 256 cm³/mol. The van der Waals surface area contributed by atoms with Crippen LogP contribution in [0.25, 0.3) is 0 Å². The molecule has 1 amide bonds. The van der Waals surface area contributed by atoms with Crippen molar-refractivity contribution in [1.82, 2.24) is 4.90 Å². The molecular weight excluding hydrogens is 769 g/mol. The van der Waals surface area contributed by atoms with Crippen molar-refractivity contribution < 1.29 is 24.2 Å². The largest absolute Gasteiger partial charge is 0.504 e. The average molecular weight is 857 g/mol. The Morgan fingerprint density at radius 1 is 0.903 bits per heavy atom. The van der Waals surface area contributed by atoms with E-state index >= 15 is 0 Å². The Bertz CT molecular complexity index is 1680. The molecule has 2 bridgehead atoms. The number of aryl methyl sites for hydroxylation is 1. The van der Waals surface area contributed by atoms with Crippen molar-refractivity contribution >= 4 is 12.4 Å². The summed E-state index contributed by atoms with van der Waals surface area (Å²) >= 11 is 0. The molecule has 3 saturated carbocycles. The summed E-state index contributed by atoms with van der Waals surface area (Å²) in [5.74, 6) is 2.41. The number of nitrogens with two attached hydrogens (primary N) is 1. The molecule has 2 aromatic rings. The van der Waals surface area contributed by atoms with Crippen molar-refractivity contribution in [2.24, 2.45) is 40.2 Å². The van der Waals surface area contributed by atoms with Crippen LogP contribution in [0, 0.1) is 34.5 Å². The Morgan fingerprint density at radius 2 is 1.47 bits per heavy atom. The number of methoxy groups -OCH3 is 1. The maximum absolute atomic E-state index is 13.6. The van der Waals surface area contributed by atoms with Crippen molar-refractivity contribution in [3.8, 4) is 11.5 Å². The lowest BCUT2D eigenvalue weighted by atomic mass is 9.54. The third-order valence-corrected chi connectivity index (χ3v) is 16.1. The molecule has 0 aromatic heterocycles. The highest BCUT2D eigenvalue weighted by Gasteiger charge is 2.73. The first-order valence-electron chi connectivity index (χ1n) is 25.5. The summed E-state index contributed by atoms with van der Waals surface area (Å²) in [6, 6.07) is 12.6. The zero-order valence-electron chi connectivity index (χ0n) is 40.6. The number of likely N-dealkylation sites (tertiary alicyclic amines) is 1. The molecule has 7 atom stereocenters. The monoisotopic (exact) mass is 857 g/mol. The van der Waals surface area contributed by atoms with E-state index < -0.39 is 5.97 Å². The van der Waals surface area contributed by atoms with Crippen molar-refractivity contribution in [2.75, 3.05) is 20.2 Å². The van der Waals surface area contributed by atoms with Gasteiger partial charge in [-0.05, 0) is 110 Å². The Kier molecular flexibility index (Phi) is 18.9. The summed E-state index contributed by atoms with van der Waals surface area (Å²) in [5, 5.41) is 12.2. The van der Waals surface area contributed by atoms with Gasteiger partial charge in [-0.25, -0.2) is 4.79 Å². The number of primary amides is 1. The Morgan fingerprint density at radius 3 is 2.00 bits per heavy atom. The fourth-order valence-electron chi connectivity index (χ4n) is 12.6. The van der Waals surface area contributed by atoms with E-state index in [1.165, 1.54) is 133 Å². The van der Waals surface area contributed by atoms with Crippen molar-refractivity contribution in [1.29, 1.82) is 0 Å². The van der Waals surface area contributed by atoms with Crippen LogP contribution in [0.5, 0.6) is 11.5 Å². The van der Waals surface area contributed by atoms with Crippen LogP contribution in [0.2, 0.25) is 0 Å². The van der Waals surface area contributed by atoms with Crippen LogP contribution in [-0.2, 0) is 27.8 Å². The zero-order valence-corrected chi connectivity index (χ0v) is 40.6. The number of benzene rings is 2. The lowest BCUT2D eigenvalue weighted by molar-refractivity contribution is -0.106. The summed E-state index contributed by atoms with van der Waals surface area (Å²) in [6.07, 6.45) is 28.9. The second kappa shape index (κ2) is 23.3. The number of hydrogen-bond acceptors (Lipinski definition) is 6. The zero-order chi connectivity index (χ0) is 44.9. The molecule has 0 radical (unpaired) electrons. The van der Waals surface area contributed by atoms with Crippen LogP contribution in [-0.4, -0.2) is 54.7 Å². The normalized spacial score (nSPS) is 26.3. The standard InChI is InChI=1S/C52H79NO4.C2H6.CH3NO/c1-7-8-9-10-11-12-13-14-15-16-17-18-19-20-21-22-38-25-27-40(28-26-38)49(55)57-44-30-29-41-32-51-35-52(46(41)47(44)54)33-45(56-6)42(37(2)50(3,4)5)31-43(52)48(51)53(36-51)34-39-23-24-39;1-2;2-1-3/h25-30,37,39,42-43,45,48,54H,7-24,31-36H2,1-6H3;1-2H3;1H,(H2,2,3). The van der Waals surface area contributed by atoms with Gasteiger partial charge in [0.1, 0.15) is 0 Å². The van der Waals surface area contributed by atoms with Gasteiger partial charge in [-0.15, -0.1) is 0 Å². The summed E-state index contributed by atoms with van der Waals surface area (Å²) in [7, 11) is 1.90. The van der Waals surface area contributed by atoms with Crippen molar-refractivity contribution in [3.63, 3.8) is 0 Å². The number of rotatable bonds is 22. The minimum absolute atomic E-state index is 0.131. The van der Waals surface area contributed by atoms with Gasteiger partial charge in [-0.3, -0.25) is 9.69 Å². The lowest BCUT2D eigenvalue weighted by Gasteiger charge is -2.57. The van der Waals surface area contributed by atoms with Crippen LogP contribution < -0.4 is 10.5 Å². The van der Waals surface area contributed by atoms with E-state index in [1.54, 1.807) is 0 Å². The molecule has 2 spiro atoms. The number of carbonyl (C=O) groups is 2. The number of esters is 1. The quantitative estimate of drug-likeness (QED) is 0.0529. The smallest absolute Gasteiger partial charge is 0.343 e. The van der Waals surface area contributed by atoms with Crippen LogP contribution in [0.3, 0.4) is 0 Å². The summed E-state index contributed by atoms with van der Waals surface area (Å²) in [5.41, 5.74) is 8.58. The first-order valence-corrected chi connectivity index (χ1v) is 25.5. The Balaban J connectivity index is 0.00000139. The SMILES string of the molecule is CC.CCCCCCCCCCCCCCCCCc1ccc(C(=O)Oc2ccc3c(c2O)C24CC(OC)C(C(C)C(C)(C)C)CC2C2N(CC5CC5)CC2(C3)C4)cc1.NC=O.